The summed E-state index contributed by atoms with van der Waals surface area (Å²) >= 11 is 0. The van der Waals surface area contributed by atoms with Crippen LogP contribution in [0.25, 0.3) is 0 Å². The first-order valence-corrected chi connectivity index (χ1v) is 3.72. The second-order valence-electron chi connectivity index (χ2n) is 2.75. The van der Waals surface area contributed by atoms with E-state index in [-0.39, 0.29) is 5.91 Å². The van der Waals surface area contributed by atoms with Crippen molar-refractivity contribution in [2.24, 2.45) is 0 Å². The lowest BCUT2D eigenvalue weighted by Crippen LogP contribution is -2.58. The fourth-order valence-electron chi connectivity index (χ4n) is 1.21. The Bertz CT molecular complexity index is 130. The minimum Gasteiger partial charge on any atom is -0.351 e. The monoisotopic (exact) mass is 142 g/mol. The number of rotatable bonds is 2. The predicted molar refractivity (Wildman–Crippen MR) is 39.7 cm³/mol. The van der Waals surface area contributed by atoms with E-state index in [1.54, 1.807) is 6.92 Å². The van der Waals surface area contributed by atoms with Gasteiger partial charge in [-0.2, -0.15) is 0 Å². The van der Waals surface area contributed by atoms with Crippen molar-refractivity contribution in [3.63, 3.8) is 0 Å². The summed E-state index contributed by atoms with van der Waals surface area (Å²) in [6, 6.07) is 0.414. The number of amides is 1. The van der Waals surface area contributed by atoms with Gasteiger partial charge in [-0.1, -0.05) is 6.92 Å². The van der Waals surface area contributed by atoms with Crippen LogP contribution < -0.4 is 5.32 Å². The standard InChI is InChI=1S/C7H14N2O/c1-3-9-4-7(5-9)8-6(2)10/h7H,3-5H2,1-2H3,(H,8,10). The van der Waals surface area contributed by atoms with Crippen molar-refractivity contribution in [3.8, 4) is 0 Å². The summed E-state index contributed by atoms with van der Waals surface area (Å²) in [4.78, 5) is 12.8. The van der Waals surface area contributed by atoms with Gasteiger partial charge < -0.3 is 5.32 Å². The van der Waals surface area contributed by atoms with Crippen LogP contribution in [0.1, 0.15) is 13.8 Å². The highest BCUT2D eigenvalue weighted by Gasteiger charge is 2.24. The van der Waals surface area contributed by atoms with E-state index in [1.165, 1.54) is 0 Å². The maximum Gasteiger partial charge on any atom is 0.217 e. The first-order valence-electron chi connectivity index (χ1n) is 3.72. The molecule has 0 aromatic carbocycles. The number of nitrogens with one attached hydrogen (secondary N) is 1. The predicted octanol–water partition coefficient (Wildman–Crippen LogP) is -0.173. The number of carbonyl (C=O) groups excluding carboxylic acids is 1. The van der Waals surface area contributed by atoms with Crippen LogP contribution in [0.3, 0.4) is 0 Å². The smallest absolute Gasteiger partial charge is 0.217 e. The lowest BCUT2D eigenvalue weighted by molar-refractivity contribution is -0.120. The molecule has 1 heterocycles. The summed E-state index contributed by atoms with van der Waals surface area (Å²) in [6.07, 6.45) is 0. The largest absolute Gasteiger partial charge is 0.351 e. The van der Waals surface area contributed by atoms with E-state index in [0.29, 0.717) is 6.04 Å². The zero-order valence-corrected chi connectivity index (χ0v) is 6.55. The quantitative estimate of drug-likeness (QED) is 0.580. The number of carbonyl (C=O) groups is 1. The number of nitrogens with zero attached hydrogens (tertiary/aromatic N) is 1. The molecule has 0 unspecified atom stereocenters. The normalized spacial score (nSPS) is 20.2. The summed E-state index contributed by atoms with van der Waals surface area (Å²) in [6.45, 7) is 6.83. The Morgan fingerprint density at radius 2 is 2.30 bits per heavy atom. The van der Waals surface area contributed by atoms with E-state index >= 15 is 0 Å². The molecule has 1 N–H and O–H groups in total. The van der Waals surface area contributed by atoms with Gasteiger partial charge in [-0.05, 0) is 6.54 Å². The molecular weight excluding hydrogens is 128 g/mol. The fraction of sp³-hybridized carbons (Fsp3) is 0.857. The summed E-state index contributed by atoms with van der Waals surface area (Å²) in [5.41, 5.74) is 0. The molecule has 3 nitrogen and oxygen atoms in total. The van der Waals surface area contributed by atoms with E-state index < -0.39 is 0 Å². The minimum atomic E-state index is 0.0840. The van der Waals surface area contributed by atoms with Crippen molar-refractivity contribution < 1.29 is 4.79 Å². The third-order valence-electron chi connectivity index (χ3n) is 1.81. The van der Waals surface area contributed by atoms with Crippen LogP contribution in [0.4, 0.5) is 0 Å². The lowest BCUT2D eigenvalue weighted by Gasteiger charge is -2.38. The zero-order chi connectivity index (χ0) is 7.56. The third-order valence-corrected chi connectivity index (χ3v) is 1.81. The van der Waals surface area contributed by atoms with Crippen LogP contribution in [0.5, 0.6) is 0 Å². The van der Waals surface area contributed by atoms with Gasteiger partial charge in [0, 0.05) is 20.0 Å². The number of likely N-dealkylation sites (N-methyl/N-ethyl adjacent to an activating group) is 1. The molecule has 0 aromatic heterocycles. The van der Waals surface area contributed by atoms with Gasteiger partial charge in [0.1, 0.15) is 0 Å². The van der Waals surface area contributed by atoms with Crippen molar-refractivity contribution in [1.82, 2.24) is 10.2 Å². The van der Waals surface area contributed by atoms with Crippen LogP contribution in [0.2, 0.25) is 0 Å². The van der Waals surface area contributed by atoms with E-state index in [0.717, 1.165) is 19.6 Å². The molecule has 0 aromatic rings. The Morgan fingerprint density at radius 1 is 1.70 bits per heavy atom. The second-order valence-corrected chi connectivity index (χ2v) is 2.75. The molecule has 1 saturated heterocycles. The maximum atomic E-state index is 10.5. The van der Waals surface area contributed by atoms with Crippen LogP contribution in [-0.4, -0.2) is 36.5 Å². The van der Waals surface area contributed by atoms with Gasteiger partial charge in [-0.15, -0.1) is 0 Å². The maximum absolute atomic E-state index is 10.5. The molecule has 0 aliphatic carbocycles. The first-order chi connectivity index (χ1) is 4.72. The van der Waals surface area contributed by atoms with Gasteiger partial charge in [-0.25, -0.2) is 0 Å². The molecule has 1 aliphatic heterocycles. The van der Waals surface area contributed by atoms with Gasteiger partial charge >= 0.3 is 0 Å². The topological polar surface area (TPSA) is 32.3 Å². The highest BCUT2D eigenvalue weighted by Crippen LogP contribution is 2.05. The molecule has 0 atom stereocenters. The van der Waals surface area contributed by atoms with Crippen molar-refractivity contribution in [2.45, 2.75) is 19.9 Å². The zero-order valence-electron chi connectivity index (χ0n) is 6.55. The number of hydrogen-bond donors (Lipinski definition) is 1. The van der Waals surface area contributed by atoms with Gasteiger partial charge in [-0.3, -0.25) is 9.69 Å². The fourth-order valence-corrected chi connectivity index (χ4v) is 1.21. The third kappa shape index (κ3) is 1.70. The van der Waals surface area contributed by atoms with Gasteiger partial charge in [0.15, 0.2) is 0 Å². The summed E-state index contributed by atoms with van der Waals surface area (Å²) in [7, 11) is 0. The van der Waals surface area contributed by atoms with E-state index in [9.17, 15) is 4.79 Å². The van der Waals surface area contributed by atoms with Crippen molar-refractivity contribution in [2.75, 3.05) is 19.6 Å². The first kappa shape index (κ1) is 7.54. The number of hydrogen-bond acceptors (Lipinski definition) is 2. The summed E-state index contributed by atoms with van der Waals surface area (Å²) in [5.74, 6) is 0.0840. The molecule has 58 valence electrons. The average Bonchev–Trinajstić information content (AvgIpc) is 1.76. The highest BCUT2D eigenvalue weighted by atomic mass is 16.1. The van der Waals surface area contributed by atoms with Crippen LogP contribution >= 0.6 is 0 Å². The Morgan fingerprint density at radius 3 is 2.70 bits per heavy atom. The molecule has 1 rings (SSSR count). The van der Waals surface area contributed by atoms with Gasteiger partial charge in [0.2, 0.25) is 5.91 Å². The van der Waals surface area contributed by atoms with E-state index in [4.69, 9.17) is 0 Å². The lowest BCUT2D eigenvalue weighted by atomic mass is 10.1. The molecule has 1 fully saturated rings. The van der Waals surface area contributed by atoms with Crippen molar-refractivity contribution >= 4 is 5.91 Å². The molecule has 10 heavy (non-hydrogen) atoms. The Labute approximate surface area is 61.4 Å². The van der Waals surface area contributed by atoms with E-state index in [1.807, 2.05) is 0 Å². The molecule has 3 heteroatoms. The highest BCUT2D eigenvalue weighted by molar-refractivity contribution is 5.73. The summed E-state index contributed by atoms with van der Waals surface area (Å²) < 4.78 is 0. The SMILES string of the molecule is CCN1CC(NC(C)=O)C1. The molecule has 1 amide bonds. The minimum absolute atomic E-state index is 0.0840. The Kier molecular flexibility index (Phi) is 2.27. The number of likely N-dealkylation sites (tertiary alicyclic amines) is 1. The van der Waals surface area contributed by atoms with Gasteiger partial charge in [0.25, 0.3) is 0 Å². The molecule has 1 aliphatic rings. The summed E-state index contributed by atoms with van der Waals surface area (Å²) in [5, 5.41) is 2.86. The second kappa shape index (κ2) is 3.01. The molecule has 0 bridgehead atoms. The van der Waals surface area contributed by atoms with E-state index in [2.05, 4.69) is 17.1 Å². The van der Waals surface area contributed by atoms with Gasteiger partial charge in [0.05, 0.1) is 6.04 Å². The van der Waals surface area contributed by atoms with Crippen LogP contribution in [-0.2, 0) is 4.79 Å². The molecule has 0 radical (unpaired) electrons. The van der Waals surface area contributed by atoms with Crippen molar-refractivity contribution in [3.05, 3.63) is 0 Å². The average molecular weight is 142 g/mol. The van der Waals surface area contributed by atoms with Crippen molar-refractivity contribution in [1.29, 1.82) is 0 Å². The Hall–Kier alpha value is -0.570. The Balaban J connectivity index is 2.08. The van der Waals surface area contributed by atoms with Crippen LogP contribution in [0.15, 0.2) is 0 Å². The molecular formula is C7H14N2O. The van der Waals surface area contributed by atoms with Crippen LogP contribution in [0, 0.1) is 0 Å². The molecule has 0 saturated carbocycles. The molecule has 0 spiro atoms.